The largest absolute Gasteiger partial charge is 0.393 e. The minimum absolute atomic E-state index is 0.121. The average molecular weight is 281 g/mol. The van der Waals surface area contributed by atoms with Crippen LogP contribution < -0.4 is 0 Å². The van der Waals surface area contributed by atoms with Crippen LogP contribution >= 0.6 is 12.6 Å². The minimum Gasteiger partial charge on any atom is -0.393 e. The van der Waals surface area contributed by atoms with Crippen LogP contribution in [0.15, 0.2) is 25.4 Å². The molecular weight excluding hydrogens is 254 g/mol. The van der Waals surface area contributed by atoms with Crippen LogP contribution in [0.1, 0.15) is 25.7 Å². The molecular formula is C16H27NOS. The molecule has 1 N–H and O–H groups in total. The SMILES string of the molecule is C=C.C=C1C2CC(O)CC3CC(S)CC(CN1C)C32. The van der Waals surface area contributed by atoms with Gasteiger partial charge in [0.2, 0.25) is 0 Å². The smallest absolute Gasteiger partial charge is 0.0549 e. The molecule has 3 rings (SSSR count). The van der Waals surface area contributed by atoms with E-state index in [9.17, 15) is 5.11 Å². The van der Waals surface area contributed by atoms with Gasteiger partial charge in [-0.2, -0.15) is 12.6 Å². The van der Waals surface area contributed by atoms with Crippen molar-refractivity contribution in [2.75, 3.05) is 13.6 Å². The van der Waals surface area contributed by atoms with Gasteiger partial charge in [0.05, 0.1) is 6.10 Å². The maximum absolute atomic E-state index is 10.1. The van der Waals surface area contributed by atoms with E-state index in [0.717, 1.165) is 31.2 Å². The second-order valence-corrected chi connectivity index (χ2v) is 7.06. The second kappa shape index (κ2) is 5.92. The number of aliphatic hydroxyl groups is 1. The van der Waals surface area contributed by atoms with Gasteiger partial charge >= 0.3 is 0 Å². The minimum atomic E-state index is -0.121. The molecule has 1 heterocycles. The molecule has 1 saturated heterocycles. The zero-order valence-electron chi connectivity index (χ0n) is 12.0. The first-order valence-corrected chi connectivity index (χ1v) is 7.84. The van der Waals surface area contributed by atoms with Crippen molar-refractivity contribution in [3.8, 4) is 0 Å². The van der Waals surface area contributed by atoms with Crippen LogP contribution in [0.25, 0.3) is 0 Å². The van der Waals surface area contributed by atoms with E-state index < -0.39 is 0 Å². The van der Waals surface area contributed by atoms with Crippen LogP contribution in [0, 0.1) is 23.7 Å². The van der Waals surface area contributed by atoms with Crippen molar-refractivity contribution in [2.45, 2.75) is 37.0 Å². The Bertz CT molecular complexity index is 335. The molecule has 3 fully saturated rings. The number of nitrogens with zero attached hydrogens (tertiary/aromatic N) is 1. The highest BCUT2D eigenvalue weighted by atomic mass is 32.1. The molecule has 0 aromatic heterocycles. The van der Waals surface area contributed by atoms with Gasteiger partial charge in [0, 0.05) is 30.5 Å². The van der Waals surface area contributed by atoms with Crippen molar-refractivity contribution < 1.29 is 5.11 Å². The highest BCUT2D eigenvalue weighted by Crippen LogP contribution is 2.52. The van der Waals surface area contributed by atoms with Gasteiger partial charge in [-0.1, -0.05) is 6.58 Å². The van der Waals surface area contributed by atoms with E-state index in [1.165, 1.54) is 18.5 Å². The normalized spacial score (nSPS) is 45.0. The van der Waals surface area contributed by atoms with E-state index in [4.69, 9.17) is 12.6 Å². The summed E-state index contributed by atoms with van der Waals surface area (Å²) >= 11 is 4.70. The Hall–Kier alpha value is -0.410. The highest BCUT2D eigenvalue weighted by molar-refractivity contribution is 7.80. The topological polar surface area (TPSA) is 23.5 Å². The lowest BCUT2D eigenvalue weighted by Crippen LogP contribution is -2.52. The van der Waals surface area contributed by atoms with Gasteiger partial charge in [0.15, 0.2) is 0 Å². The molecule has 0 amide bonds. The van der Waals surface area contributed by atoms with Gasteiger partial charge in [-0.25, -0.2) is 0 Å². The summed E-state index contributed by atoms with van der Waals surface area (Å²) in [6, 6.07) is 0. The van der Waals surface area contributed by atoms with Crippen molar-refractivity contribution in [3.05, 3.63) is 25.4 Å². The van der Waals surface area contributed by atoms with E-state index in [1.807, 2.05) is 0 Å². The lowest BCUT2D eigenvalue weighted by atomic mass is 9.57. The lowest BCUT2D eigenvalue weighted by molar-refractivity contribution is -0.0405. The van der Waals surface area contributed by atoms with Gasteiger partial charge < -0.3 is 10.0 Å². The van der Waals surface area contributed by atoms with Crippen molar-refractivity contribution in [2.24, 2.45) is 23.7 Å². The monoisotopic (exact) mass is 281 g/mol. The predicted molar refractivity (Wildman–Crippen MR) is 84.2 cm³/mol. The van der Waals surface area contributed by atoms with Gasteiger partial charge in [-0.05, 0) is 43.4 Å². The Morgan fingerprint density at radius 1 is 1.16 bits per heavy atom. The maximum Gasteiger partial charge on any atom is 0.0549 e. The number of piperidine rings is 1. The number of rotatable bonds is 0. The molecule has 108 valence electrons. The molecule has 6 unspecified atom stereocenters. The summed E-state index contributed by atoms with van der Waals surface area (Å²) in [5.74, 6) is 2.73. The van der Waals surface area contributed by atoms with Gasteiger partial charge in [0.1, 0.15) is 0 Å². The number of likely N-dealkylation sites (tertiary alicyclic amines) is 1. The molecule has 2 aliphatic carbocycles. The van der Waals surface area contributed by atoms with Crippen molar-refractivity contribution in [3.63, 3.8) is 0 Å². The standard InChI is InChI=1S/C14H23NOS.C2H4/c1-8-13-6-11(16)3-9-4-12(17)5-10(14(9)13)7-15(8)2;1-2/h9-14,16-17H,1,3-7H2,2H3;1-2H2. The second-order valence-electron chi connectivity index (χ2n) is 6.33. The molecule has 0 aromatic carbocycles. The van der Waals surface area contributed by atoms with Crippen LogP contribution in [-0.2, 0) is 0 Å². The zero-order chi connectivity index (χ0) is 14.2. The van der Waals surface area contributed by atoms with Crippen molar-refractivity contribution in [1.82, 2.24) is 4.90 Å². The first-order valence-electron chi connectivity index (χ1n) is 7.32. The Balaban J connectivity index is 0.000000637. The molecule has 0 spiro atoms. The molecule has 19 heavy (non-hydrogen) atoms. The third-order valence-electron chi connectivity index (χ3n) is 5.23. The third-order valence-corrected chi connectivity index (χ3v) is 5.65. The van der Waals surface area contributed by atoms with E-state index in [2.05, 4.69) is 31.7 Å². The molecule has 3 aliphatic rings. The molecule has 0 bridgehead atoms. The van der Waals surface area contributed by atoms with Gasteiger partial charge in [-0.3, -0.25) is 0 Å². The van der Waals surface area contributed by atoms with Gasteiger partial charge in [-0.15, -0.1) is 13.2 Å². The van der Waals surface area contributed by atoms with Crippen LogP contribution in [0.2, 0.25) is 0 Å². The first kappa shape index (κ1) is 15.0. The quantitative estimate of drug-likeness (QED) is 0.527. The first-order chi connectivity index (χ1) is 9.06. The summed E-state index contributed by atoms with van der Waals surface area (Å²) in [4.78, 5) is 2.31. The summed E-state index contributed by atoms with van der Waals surface area (Å²) in [5.41, 5.74) is 1.26. The number of hydrogen-bond donors (Lipinski definition) is 2. The lowest BCUT2D eigenvalue weighted by Gasteiger charge is -2.55. The van der Waals surface area contributed by atoms with Gasteiger partial charge in [0.25, 0.3) is 0 Å². The van der Waals surface area contributed by atoms with Crippen LogP contribution in [0.4, 0.5) is 0 Å². The number of hydrogen-bond acceptors (Lipinski definition) is 3. The van der Waals surface area contributed by atoms with E-state index >= 15 is 0 Å². The fraction of sp³-hybridized carbons (Fsp3) is 0.750. The zero-order valence-corrected chi connectivity index (χ0v) is 12.9. The van der Waals surface area contributed by atoms with Crippen LogP contribution in [-0.4, -0.2) is 35.0 Å². The fourth-order valence-corrected chi connectivity index (χ4v) is 5.15. The number of allylic oxidation sites excluding steroid dienone is 1. The molecule has 1 aliphatic heterocycles. The van der Waals surface area contributed by atoms with Crippen molar-refractivity contribution in [1.29, 1.82) is 0 Å². The van der Waals surface area contributed by atoms with Crippen LogP contribution in [0.3, 0.4) is 0 Å². The molecule has 3 heteroatoms. The molecule has 0 aromatic rings. The summed E-state index contributed by atoms with van der Waals surface area (Å²) in [5, 5.41) is 10.6. The Kier molecular flexibility index (Phi) is 4.67. The summed E-state index contributed by atoms with van der Waals surface area (Å²) in [6.07, 6.45) is 4.23. The molecule has 0 radical (unpaired) electrons. The Labute approximate surface area is 123 Å². The van der Waals surface area contributed by atoms with E-state index in [0.29, 0.717) is 17.1 Å². The van der Waals surface area contributed by atoms with E-state index in [-0.39, 0.29) is 6.10 Å². The molecule has 6 atom stereocenters. The van der Waals surface area contributed by atoms with Crippen LogP contribution in [0.5, 0.6) is 0 Å². The number of aliphatic hydroxyl groups excluding tert-OH is 1. The fourth-order valence-electron chi connectivity index (χ4n) is 4.61. The molecule has 2 saturated carbocycles. The highest BCUT2D eigenvalue weighted by Gasteiger charge is 2.49. The van der Waals surface area contributed by atoms with E-state index in [1.54, 1.807) is 0 Å². The predicted octanol–water partition coefficient (Wildman–Crippen LogP) is 2.96. The summed E-state index contributed by atoms with van der Waals surface area (Å²) in [7, 11) is 2.15. The summed E-state index contributed by atoms with van der Waals surface area (Å²) in [6.45, 7) is 11.4. The Morgan fingerprint density at radius 3 is 2.47 bits per heavy atom. The molecule has 2 nitrogen and oxygen atoms in total. The summed E-state index contributed by atoms with van der Waals surface area (Å²) < 4.78 is 0. The third kappa shape index (κ3) is 2.73. The maximum atomic E-state index is 10.1. The average Bonchev–Trinajstić information content (AvgIpc) is 2.37. The van der Waals surface area contributed by atoms with Crippen molar-refractivity contribution >= 4 is 12.6 Å². The number of thiol groups is 1. The Morgan fingerprint density at radius 2 is 1.79 bits per heavy atom.